The second-order valence-corrected chi connectivity index (χ2v) is 8.73. The number of rotatable bonds is 7. The van der Waals surface area contributed by atoms with E-state index in [1.807, 2.05) is 37.3 Å². The van der Waals surface area contributed by atoms with Crippen LogP contribution in [0, 0.1) is 11.8 Å². The Morgan fingerprint density at radius 1 is 1.23 bits per heavy atom. The van der Waals surface area contributed by atoms with Gasteiger partial charge in [-0.3, -0.25) is 19.1 Å². The zero-order valence-electron chi connectivity index (χ0n) is 18.0. The van der Waals surface area contributed by atoms with E-state index in [2.05, 4.69) is 11.1 Å². The lowest BCUT2D eigenvalue weighted by Gasteiger charge is -2.26. The summed E-state index contributed by atoms with van der Waals surface area (Å²) < 4.78 is 1.34. The SMILES string of the molecule is C[C@@H]1C[C@H]1C(=O)N(CCC1=CCCCC1)c1c(N)n(Cc2ccccc2)c(=O)[nH]c1=O. The lowest BCUT2D eigenvalue weighted by Crippen LogP contribution is -2.42. The molecule has 1 amide bonds. The number of H-pyrrole nitrogens is 1. The fraction of sp³-hybridized carbons (Fsp3) is 0.458. The van der Waals surface area contributed by atoms with Crippen molar-refractivity contribution < 1.29 is 4.79 Å². The summed E-state index contributed by atoms with van der Waals surface area (Å²) in [4.78, 5) is 42.5. The van der Waals surface area contributed by atoms with Crippen molar-refractivity contribution in [3.63, 3.8) is 0 Å². The number of anilines is 2. The van der Waals surface area contributed by atoms with Crippen LogP contribution in [0.5, 0.6) is 0 Å². The number of amides is 1. The van der Waals surface area contributed by atoms with E-state index in [0.29, 0.717) is 18.9 Å². The fourth-order valence-electron chi connectivity index (χ4n) is 4.35. The molecule has 164 valence electrons. The number of hydrogen-bond acceptors (Lipinski definition) is 4. The van der Waals surface area contributed by atoms with Crippen molar-refractivity contribution in [3.8, 4) is 0 Å². The van der Waals surface area contributed by atoms with Gasteiger partial charge >= 0.3 is 5.69 Å². The number of benzene rings is 1. The molecule has 1 aromatic carbocycles. The van der Waals surface area contributed by atoms with Crippen LogP contribution in [0.3, 0.4) is 0 Å². The predicted molar refractivity (Wildman–Crippen MR) is 122 cm³/mol. The third-order valence-electron chi connectivity index (χ3n) is 6.40. The van der Waals surface area contributed by atoms with Gasteiger partial charge in [0.05, 0.1) is 6.54 Å². The molecule has 1 fully saturated rings. The maximum absolute atomic E-state index is 13.3. The first-order valence-corrected chi connectivity index (χ1v) is 11.1. The van der Waals surface area contributed by atoms with Crippen LogP contribution in [-0.2, 0) is 11.3 Å². The Labute approximate surface area is 181 Å². The Morgan fingerprint density at radius 2 is 1.97 bits per heavy atom. The summed E-state index contributed by atoms with van der Waals surface area (Å²) in [5.41, 5.74) is 7.49. The largest absolute Gasteiger partial charge is 0.383 e. The van der Waals surface area contributed by atoms with E-state index >= 15 is 0 Å². The van der Waals surface area contributed by atoms with Crippen molar-refractivity contribution in [2.24, 2.45) is 11.8 Å². The van der Waals surface area contributed by atoms with Crippen LogP contribution in [0.1, 0.15) is 51.0 Å². The smallest absolute Gasteiger partial charge is 0.330 e. The van der Waals surface area contributed by atoms with Gasteiger partial charge in [-0.2, -0.15) is 0 Å². The molecule has 1 aromatic heterocycles. The highest BCUT2D eigenvalue weighted by atomic mass is 16.2. The van der Waals surface area contributed by atoms with Gasteiger partial charge in [-0.05, 0) is 50.0 Å². The zero-order valence-corrected chi connectivity index (χ0v) is 18.0. The van der Waals surface area contributed by atoms with Gasteiger partial charge in [-0.1, -0.05) is 48.9 Å². The van der Waals surface area contributed by atoms with Gasteiger partial charge < -0.3 is 10.6 Å². The second-order valence-electron chi connectivity index (χ2n) is 8.73. The van der Waals surface area contributed by atoms with Crippen LogP contribution in [0.2, 0.25) is 0 Å². The van der Waals surface area contributed by atoms with Crippen molar-refractivity contribution in [3.05, 3.63) is 68.4 Å². The van der Waals surface area contributed by atoms with E-state index in [1.165, 1.54) is 21.5 Å². The molecule has 0 saturated heterocycles. The van der Waals surface area contributed by atoms with Gasteiger partial charge in [-0.15, -0.1) is 0 Å². The highest BCUT2D eigenvalue weighted by molar-refractivity contribution is 5.98. The maximum Gasteiger partial charge on any atom is 0.330 e. The van der Waals surface area contributed by atoms with Crippen molar-refractivity contribution in [1.82, 2.24) is 9.55 Å². The van der Waals surface area contributed by atoms with Crippen molar-refractivity contribution in [2.45, 2.75) is 52.0 Å². The number of carbonyl (C=O) groups is 1. The molecule has 3 N–H and O–H groups in total. The molecule has 0 bridgehead atoms. The number of nitrogen functional groups attached to an aromatic ring is 1. The standard InChI is InChI=1S/C24H30N4O3/c1-16-14-19(16)23(30)27(13-12-17-8-4-2-5-9-17)20-21(25)28(24(31)26-22(20)29)15-18-10-6-3-7-11-18/h3,6-8,10-11,16,19H,2,4-5,9,12-15,25H2,1H3,(H,26,29,31)/t16-,19-/m1/s1. The van der Waals surface area contributed by atoms with Crippen molar-refractivity contribution >= 4 is 17.4 Å². The molecule has 0 spiro atoms. The number of nitrogens with zero attached hydrogens (tertiary/aromatic N) is 2. The molecule has 2 aliphatic carbocycles. The normalized spacial score (nSPS) is 20.2. The summed E-state index contributed by atoms with van der Waals surface area (Å²) in [6.07, 6.45) is 8.22. The summed E-state index contributed by atoms with van der Waals surface area (Å²) in [7, 11) is 0. The molecule has 2 aliphatic rings. The van der Waals surface area contributed by atoms with Crippen LogP contribution in [0.4, 0.5) is 11.5 Å². The lowest BCUT2D eigenvalue weighted by molar-refractivity contribution is -0.120. The minimum Gasteiger partial charge on any atom is -0.383 e. The van der Waals surface area contributed by atoms with Crippen molar-refractivity contribution in [1.29, 1.82) is 0 Å². The summed E-state index contributed by atoms with van der Waals surface area (Å²) in [5.74, 6) is 0.177. The monoisotopic (exact) mass is 422 g/mol. The number of nitrogens with one attached hydrogen (secondary N) is 1. The maximum atomic E-state index is 13.3. The van der Waals surface area contributed by atoms with Crippen LogP contribution < -0.4 is 21.9 Å². The van der Waals surface area contributed by atoms with E-state index in [4.69, 9.17) is 5.73 Å². The molecule has 7 heteroatoms. The topological polar surface area (TPSA) is 101 Å². The Morgan fingerprint density at radius 3 is 2.61 bits per heavy atom. The van der Waals surface area contributed by atoms with E-state index in [9.17, 15) is 14.4 Å². The van der Waals surface area contributed by atoms with Gasteiger partial charge in [0, 0.05) is 12.5 Å². The quantitative estimate of drug-likeness (QED) is 0.670. The molecular weight excluding hydrogens is 392 g/mol. The van der Waals surface area contributed by atoms with E-state index in [-0.39, 0.29) is 29.9 Å². The minimum atomic E-state index is -0.605. The Balaban J connectivity index is 1.70. The second kappa shape index (κ2) is 8.96. The molecule has 0 radical (unpaired) electrons. The van der Waals surface area contributed by atoms with E-state index < -0.39 is 11.2 Å². The van der Waals surface area contributed by atoms with Crippen LogP contribution >= 0.6 is 0 Å². The number of nitrogens with two attached hydrogens (primary N) is 1. The van der Waals surface area contributed by atoms with Crippen LogP contribution in [0.25, 0.3) is 0 Å². The molecule has 2 aromatic rings. The molecule has 4 rings (SSSR count). The molecular formula is C24H30N4O3. The molecule has 0 aliphatic heterocycles. The van der Waals surface area contributed by atoms with Gasteiger partial charge in [0.1, 0.15) is 5.82 Å². The summed E-state index contributed by atoms with van der Waals surface area (Å²) >= 11 is 0. The Bertz CT molecular complexity index is 1100. The lowest BCUT2D eigenvalue weighted by atomic mass is 9.97. The summed E-state index contributed by atoms with van der Waals surface area (Å²) in [5, 5.41) is 0. The highest BCUT2D eigenvalue weighted by Gasteiger charge is 2.43. The van der Waals surface area contributed by atoms with Crippen molar-refractivity contribution in [2.75, 3.05) is 17.2 Å². The molecule has 1 saturated carbocycles. The first kappa shape index (κ1) is 21.2. The first-order chi connectivity index (χ1) is 15.0. The number of aromatic amines is 1. The number of hydrogen-bond donors (Lipinski definition) is 2. The minimum absolute atomic E-state index is 0.0388. The summed E-state index contributed by atoms with van der Waals surface area (Å²) in [6, 6.07) is 9.43. The summed E-state index contributed by atoms with van der Waals surface area (Å²) in [6.45, 7) is 2.65. The molecule has 31 heavy (non-hydrogen) atoms. The van der Waals surface area contributed by atoms with E-state index in [0.717, 1.165) is 31.2 Å². The number of allylic oxidation sites excluding steroid dienone is 1. The third-order valence-corrected chi connectivity index (χ3v) is 6.40. The zero-order chi connectivity index (χ0) is 22.0. The number of aromatic nitrogens is 2. The molecule has 0 unspecified atom stereocenters. The average Bonchev–Trinajstić information content (AvgIpc) is 3.51. The van der Waals surface area contributed by atoms with Gasteiger partial charge in [0.25, 0.3) is 5.56 Å². The Kier molecular flexibility index (Phi) is 6.11. The third kappa shape index (κ3) is 4.65. The van der Waals surface area contributed by atoms with E-state index in [1.54, 1.807) is 0 Å². The highest BCUT2D eigenvalue weighted by Crippen LogP contribution is 2.40. The van der Waals surface area contributed by atoms with Gasteiger partial charge in [-0.25, -0.2) is 4.79 Å². The average molecular weight is 423 g/mol. The van der Waals surface area contributed by atoms with Crippen LogP contribution in [0.15, 0.2) is 51.6 Å². The molecule has 2 atom stereocenters. The first-order valence-electron chi connectivity index (χ1n) is 11.1. The number of carbonyl (C=O) groups excluding carboxylic acids is 1. The predicted octanol–water partition coefficient (Wildman–Crippen LogP) is 3.05. The fourth-order valence-corrected chi connectivity index (χ4v) is 4.35. The van der Waals surface area contributed by atoms with Crippen LogP contribution in [-0.4, -0.2) is 22.0 Å². The van der Waals surface area contributed by atoms with Gasteiger partial charge in [0.2, 0.25) is 5.91 Å². The molecule has 7 nitrogen and oxygen atoms in total. The van der Waals surface area contributed by atoms with Gasteiger partial charge in [0.15, 0.2) is 5.69 Å². The Hall–Kier alpha value is -3.09. The molecule has 1 heterocycles.